The molecule has 0 spiro atoms. The minimum atomic E-state index is 0.236. The van der Waals surface area contributed by atoms with E-state index >= 15 is 0 Å². The van der Waals surface area contributed by atoms with E-state index in [1.807, 2.05) is 18.2 Å². The van der Waals surface area contributed by atoms with Gasteiger partial charge in [0.05, 0.1) is 15.2 Å². The SMILES string of the molecule is Clc1cc(I)c(OCC2CO2)c2ncccc12. The predicted molar refractivity (Wildman–Crippen MR) is 74.7 cm³/mol. The highest BCUT2D eigenvalue weighted by Gasteiger charge is 2.24. The van der Waals surface area contributed by atoms with Crippen molar-refractivity contribution < 1.29 is 9.47 Å². The summed E-state index contributed by atoms with van der Waals surface area (Å²) >= 11 is 8.40. The van der Waals surface area contributed by atoms with Crippen LogP contribution in [0.5, 0.6) is 5.75 Å². The number of fused-ring (bicyclic) bond motifs is 1. The van der Waals surface area contributed by atoms with Gasteiger partial charge in [0.15, 0.2) is 5.75 Å². The molecule has 1 atom stereocenters. The van der Waals surface area contributed by atoms with Crippen molar-refractivity contribution in [2.45, 2.75) is 6.10 Å². The summed E-state index contributed by atoms with van der Waals surface area (Å²) in [4.78, 5) is 4.35. The second kappa shape index (κ2) is 4.59. The molecular formula is C12H9ClINO2. The maximum atomic E-state index is 6.18. The van der Waals surface area contributed by atoms with E-state index in [1.54, 1.807) is 6.20 Å². The first-order chi connectivity index (χ1) is 8.25. The van der Waals surface area contributed by atoms with Crippen molar-refractivity contribution in [3.63, 3.8) is 0 Å². The quantitative estimate of drug-likeness (QED) is 0.622. The van der Waals surface area contributed by atoms with Crippen molar-refractivity contribution in [3.05, 3.63) is 33.0 Å². The maximum Gasteiger partial charge on any atom is 0.159 e. The molecule has 0 N–H and O–H groups in total. The molecule has 1 aromatic heterocycles. The normalized spacial score (nSPS) is 18.4. The average molecular weight is 362 g/mol. The Morgan fingerprint density at radius 2 is 2.41 bits per heavy atom. The first-order valence-electron chi connectivity index (χ1n) is 5.23. The van der Waals surface area contributed by atoms with Crippen molar-refractivity contribution in [3.8, 4) is 5.75 Å². The lowest BCUT2D eigenvalue weighted by molar-refractivity contribution is 0.263. The molecule has 17 heavy (non-hydrogen) atoms. The van der Waals surface area contributed by atoms with Crippen LogP contribution in [0.4, 0.5) is 0 Å². The first-order valence-corrected chi connectivity index (χ1v) is 6.68. The van der Waals surface area contributed by atoms with E-state index in [-0.39, 0.29) is 6.10 Å². The summed E-state index contributed by atoms with van der Waals surface area (Å²) in [5.41, 5.74) is 0.810. The second-order valence-electron chi connectivity index (χ2n) is 3.84. The molecule has 2 heterocycles. The van der Waals surface area contributed by atoms with Crippen LogP contribution in [0.1, 0.15) is 0 Å². The molecule has 0 aliphatic carbocycles. The van der Waals surface area contributed by atoms with E-state index in [0.717, 1.165) is 26.8 Å². The van der Waals surface area contributed by atoms with Crippen LogP contribution < -0.4 is 4.74 Å². The molecule has 3 nitrogen and oxygen atoms in total. The second-order valence-corrected chi connectivity index (χ2v) is 5.40. The molecule has 1 aliphatic heterocycles. The van der Waals surface area contributed by atoms with Gasteiger partial charge in [0, 0.05) is 11.6 Å². The van der Waals surface area contributed by atoms with Gasteiger partial charge in [-0.3, -0.25) is 4.98 Å². The molecule has 2 aromatic rings. The summed E-state index contributed by atoms with van der Waals surface area (Å²) in [7, 11) is 0. The average Bonchev–Trinajstić information content (AvgIpc) is 3.13. The zero-order valence-corrected chi connectivity index (χ0v) is 11.7. The molecule has 3 rings (SSSR count). The van der Waals surface area contributed by atoms with Crippen molar-refractivity contribution in [2.24, 2.45) is 0 Å². The smallest absolute Gasteiger partial charge is 0.159 e. The highest BCUT2D eigenvalue weighted by molar-refractivity contribution is 14.1. The Kier molecular flexibility index (Phi) is 3.10. The first kappa shape index (κ1) is 11.5. The number of ether oxygens (including phenoxy) is 2. The van der Waals surface area contributed by atoms with E-state index in [9.17, 15) is 0 Å². The third-order valence-corrected chi connectivity index (χ3v) is 3.68. The molecule has 0 radical (unpaired) electrons. The molecule has 88 valence electrons. The van der Waals surface area contributed by atoms with Crippen LogP contribution in [0.2, 0.25) is 5.02 Å². The van der Waals surface area contributed by atoms with E-state index in [0.29, 0.717) is 11.6 Å². The van der Waals surface area contributed by atoms with Gasteiger partial charge in [-0.1, -0.05) is 11.6 Å². The van der Waals surface area contributed by atoms with Crippen LogP contribution in [0, 0.1) is 3.57 Å². The monoisotopic (exact) mass is 361 g/mol. The standard InChI is InChI=1S/C12H9ClINO2/c13-9-4-10(14)12(17-6-7-5-16-7)11-8(9)2-1-3-15-11/h1-4,7H,5-6H2. The van der Waals surface area contributed by atoms with Crippen LogP contribution in [0.15, 0.2) is 24.4 Å². The van der Waals surface area contributed by atoms with Crippen LogP contribution in [0.25, 0.3) is 10.9 Å². The fourth-order valence-corrected chi connectivity index (χ4v) is 2.79. The number of rotatable bonds is 3. The van der Waals surface area contributed by atoms with Crippen molar-refractivity contribution in [1.82, 2.24) is 4.98 Å². The summed E-state index contributed by atoms with van der Waals surface area (Å²) in [6.07, 6.45) is 1.98. The Hall–Kier alpha value is -0.590. The van der Waals surface area contributed by atoms with Gasteiger partial charge < -0.3 is 9.47 Å². The Morgan fingerprint density at radius 1 is 1.59 bits per heavy atom. The molecule has 1 unspecified atom stereocenters. The molecule has 0 saturated carbocycles. The third-order valence-electron chi connectivity index (χ3n) is 2.57. The third kappa shape index (κ3) is 2.34. The molecule has 1 aliphatic rings. The Bertz CT molecular complexity index is 572. The number of hydrogen-bond donors (Lipinski definition) is 0. The molecule has 5 heteroatoms. The van der Waals surface area contributed by atoms with E-state index in [4.69, 9.17) is 21.1 Å². The summed E-state index contributed by atoms with van der Waals surface area (Å²) < 4.78 is 11.9. The number of nitrogens with zero attached hydrogens (tertiary/aromatic N) is 1. The lowest BCUT2D eigenvalue weighted by Crippen LogP contribution is -2.06. The van der Waals surface area contributed by atoms with E-state index in [1.165, 1.54) is 0 Å². The minimum absolute atomic E-state index is 0.236. The predicted octanol–water partition coefficient (Wildman–Crippen LogP) is 3.27. The van der Waals surface area contributed by atoms with Gasteiger partial charge in [-0.15, -0.1) is 0 Å². The molecular weight excluding hydrogens is 352 g/mol. The number of benzene rings is 1. The highest BCUT2D eigenvalue weighted by Crippen LogP contribution is 2.35. The Balaban J connectivity index is 2.07. The maximum absolute atomic E-state index is 6.18. The number of epoxide rings is 1. The molecule has 1 aromatic carbocycles. The number of hydrogen-bond acceptors (Lipinski definition) is 3. The minimum Gasteiger partial charge on any atom is -0.487 e. The number of aromatic nitrogens is 1. The fraction of sp³-hybridized carbons (Fsp3) is 0.250. The summed E-state index contributed by atoms with van der Waals surface area (Å²) in [5, 5.41) is 1.62. The lowest BCUT2D eigenvalue weighted by atomic mass is 10.2. The Labute approximate surface area is 117 Å². The number of halogens is 2. The molecule has 0 bridgehead atoms. The van der Waals surface area contributed by atoms with E-state index in [2.05, 4.69) is 27.6 Å². The zero-order chi connectivity index (χ0) is 11.8. The lowest BCUT2D eigenvalue weighted by Gasteiger charge is -2.10. The summed E-state index contributed by atoms with van der Waals surface area (Å²) in [5.74, 6) is 0.793. The fourth-order valence-electron chi connectivity index (χ4n) is 1.62. The van der Waals surface area contributed by atoms with Gasteiger partial charge in [-0.2, -0.15) is 0 Å². The van der Waals surface area contributed by atoms with Crippen LogP contribution in [0.3, 0.4) is 0 Å². The van der Waals surface area contributed by atoms with Crippen LogP contribution in [-0.4, -0.2) is 24.3 Å². The van der Waals surface area contributed by atoms with Crippen molar-refractivity contribution in [1.29, 1.82) is 0 Å². The molecule has 1 saturated heterocycles. The molecule has 0 amide bonds. The van der Waals surface area contributed by atoms with Crippen molar-refractivity contribution >= 4 is 45.1 Å². The van der Waals surface area contributed by atoms with Crippen LogP contribution in [-0.2, 0) is 4.74 Å². The van der Waals surface area contributed by atoms with Gasteiger partial charge in [-0.05, 0) is 40.8 Å². The number of pyridine rings is 1. The zero-order valence-electron chi connectivity index (χ0n) is 8.82. The van der Waals surface area contributed by atoms with Gasteiger partial charge >= 0.3 is 0 Å². The highest BCUT2D eigenvalue weighted by atomic mass is 127. The van der Waals surface area contributed by atoms with Gasteiger partial charge in [0.25, 0.3) is 0 Å². The van der Waals surface area contributed by atoms with Crippen LogP contribution >= 0.6 is 34.2 Å². The van der Waals surface area contributed by atoms with Gasteiger partial charge in [0.2, 0.25) is 0 Å². The topological polar surface area (TPSA) is 34.6 Å². The van der Waals surface area contributed by atoms with Gasteiger partial charge in [0.1, 0.15) is 18.2 Å². The van der Waals surface area contributed by atoms with Gasteiger partial charge in [-0.25, -0.2) is 0 Å². The molecule has 1 fully saturated rings. The van der Waals surface area contributed by atoms with E-state index < -0.39 is 0 Å². The summed E-state index contributed by atoms with van der Waals surface area (Å²) in [6.45, 7) is 1.36. The van der Waals surface area contributed by atoms with Crippen molar-refractivity contribution in [2.75, 3.05) is 13.2 Å². The Morgan fingerprint density at radius 3 is 3.18 bits per heavy atom. The summed E-state index contributed by atoms with van der Waals surface area (Å²) in [6, 6.07) is 5.71. The largest absolute Gasteiger partial charge is 0.487 e.